The third-order valence-electron chi connectivity index (χ3n) is 13.1. The molecule has 1 heterocycles. The molecule has 2 aromatic carbocycles. The maximum Gasteiger partial charge on any atom is 0.490 e. The molecule has 0 saturated heterocycles. The zero-order valence-electron chi connectivity index (χ0n) is 57.0. The van der Waals surface area contributed by atoms with Crippen molar-refractivity contribution >= 4 is 95.0 Å². The molecule has 38 nitrogen and oxygen atoms in total. The number of nitrogens with one attached hydrogen (secondary N) is 9. The number of rotatable bonds is 21. The second kappa shape index (κ2) is 48.2. The van der Waals surface area contributed by atoms with Gasteiger partial charge >= 0.3 is 54.6 Å². The molecule has 3 rings (SSSR count). The van der Waals surface area contributed by atoms with E-state index in [0.29, 0.717) is 11.1 Å². The van der Waals surface area contributed by atoms with Gasteiger partial charge in [0.25, 0.3) is 0 Å². The van der Waals surface area contributed by atoms with Crippen molar-refractivity contribution in [2.24, 2.45) is 61.0 Å². The van der Waals surface area contributed by atoms with Crippen LogP contribution in [0.1, 0.15) is 82.8 Å². The van der Waals surface area contributed by atoms with Crippen molar-refractivity contribution in [3.05, 3.63) is 59.7 Å². The van der Waals surface area contributed by atoms with Gasteiger partial charge in [0.1, 0.15) is 47.8 Å². The van der Waals surface area contributed by atoms with Crippen LogP contribution in [0.4, 0.5) is 57.5 Å². The number of aliphatic imine (C=N–C) groups is 3. The Morgan fingerprint density at radius 2 is 1.00 bits per heavy atom. The summed E-state index contributed by atoms with van der Waals surface area (Å²) in [6, 6.07) is 1.31. The highest BCUT2D eigenvalue weighted by molar-refractivity contribution is 5.98. The van der Waals surface area contributed by atoms with E-state index in [1.807, 2.05) is 0 Å². The average molecular weight is 1580 g/mol. The number of nitrogens with two attached hydrogens (primary N) is 7. The Bertz CT molecular complexity index is 3300. The van der Waals surface area contributed by atoms with Gasteiger partial charge in [0.2, 0.25) is 47.3 Å². The van der Waals surface area contributed by atoms with E-state index in [1.54, 1.807) is 13.8 Å². The number of carbonyl (C=O) groups is 13. The van der Waals surface area contributed by atoms with Gasteiger partial charge in [-0.2, -0.15) is 52.7 Å². The van der Waals surface area contributed by atoms with E-state index in [2.05, 4.69) is 62.8 Å². The second-order valence-corrected chi connectivity index (χ2v) is 22.5. The smallest absolute Gasteiger partial charge is 0.490 e. The first-order chi connectivity index (χ1) is 49.7. The summed E-state index contributed by atoms with van der Waals surface area (Å²) in [6.07, 6.45) is -20.9. The molecule has 7 atom stereocenters. The number of primary amides is 1. The van der Waals surface area contributed by atoms with Gasteiger partial charge in [-0.3, -0.25) is 58.7 Å². The summed E-state index contributed by atoms with van der Waals surface area (Å²) < 4.78 is 127. The van der Waals surface area contributed by atoms with Crippen LogP contribution in [0.5, 0.6) is 11.5 Å². The summed E-state index contributed by atoms with van der Waals surface area (Å²) in [5.41, 5.74) is 40.8. The molecule has 608 valence electrons. The van der Waals surface area contributed by atoms with Crippen LogP contribution in [0.3, 0.4) is 0 Å². The predicted molar refractivity (Wildman–Crippen MR) is 351 cm³/mol. The largest absolute Gasteiger partial charge is 0.508 e. The zero-order chi connectivity index (χ0) is 83.6. The van der Waals surface area contributed by atoms with E-state index in [4.69, 9.17) is 79.7 Å². The monoisotopic (exact) mass is 1580 g/mol. The quantitative estimate of drug-likeness (QED) is 0.0268. The van der Waals surface area contributed by atoms with Crippen molar-refractivity contribution in [1.29, 1.82) is 0 Å². The molecule has 29 N–H and O–H groups in total. The summed E-state index contributed by atoms with van der Waals surface area (Å²) in [5.74, 6) is -18.6. The lowest BCUT2D eigenvalue weighted by Gasteiger charge is -2.28. The van der Waals surface area contributed by atoms with Gasteiger partial charge in [-0.1, -0.05) is 38.1 Å². The van der Waals surface area contributed by atoms with Crippen LogP contribution in [-0.2, 0) is 70.4 Å². The van der Waals surface area contributed by atoms with Gasteiger partial charge in [0.15, 0.2) is 17.9 Å². The van der Waals surface area contributed by atoms with Gasteiger partial charge in [0.05, 0.1) is 6.04 Å². The van der Waals surface area contributed by atoms with Crippen LogP contribution >= 0.6 is 0 Å². The molecule has 0 aliphatic carbocycles. The number of aliphatic carboxylic acids is 4. The lowest BCUT2D eigenvalue weighted by molar-refractivity contribution is -0.193. The van der Waals surface area contributed by atoms with Gasteiger partial charge in [-0.15, -0.1) is 0 Å². The number of carbonyl (C=O) groups excluding carboxylic acids is 9. The van der Waals surface area contributed by atoms with Gasteiger partial charge in [0, 0.05) is 52.0 Å². The summed E-state index contributed by atoms with van der Waals surface area (Å²) in [4.78, 5) is 171. The number of hydrogen-bond donors (Lipinski definition) is 22. The molecule has 0 aromatic heterocycles. The van der Waals surface area contributed by atoms with Gasteiger partial charge in [-0.25, -0.2) is 24.0 Å². The van der Waals surface area contributed by atoms with E-state index >= 15 is 0 Å². The van der Waals surface area contributed by atoms with E-state index in [9.17, 15) is 106 Å². The number of phenols is 2. The molecule has 0 fully saturated rings. The van der Waals surface area contributed by atoms with Crippen molar-refractivity contribution < 1.29 is 146 Å². The highest BCUT2D eigenvalue weighted by atomic mass is 19.4. The fourth-order valence-electron chi connectivity index (χ4n) is 7.90. The molecular weight excluding hydrogens is 1490 g/mol. The summed E-state index contributed by atoms with van der Waals surface area (Å²) >= 11 is 0. The third-order valence-corrected chi connectivity index (χ3v) is 13.1. The summed E-state index contributed by atoms with van der Waals surface area (Å²) in [7, 11) is 0. The number of hydrogen-bond acceptors (Lipinski definition) is 20. The second-order valence-electron chi connectivity index (χ2n) is 22.5. The molecule has 1 aliphatic heterocycles. The fraction of sp³-hybridized carbons (Fsp3) is 0.517. The molecule has 0 bridgehead atoms. The van der Waals surface area contributed by atoms with Crippen LogP contribution in [0.15, 0.2) is 63.5 Å². The summed E-state index contributed by atoms with van der Waals surface area (Å²) in [6.45, 7) is 3.52. The molecule has 0 saturated carbocycles. The van der Waals surface area contributed by atoms with Crippen LogP contribution < -0.4 is 88.0 Å². The van der Waals surface area contributed by atoms with Crippen molar-refractivity contribution in [1.82, 2.24) is 47.9 Å². The molecule has 2 aromatic rings. The molecule has 0 radical (unpaired) electrons. The zero-order valence-corrected chi connectivity index (χ0v) is 57.0. The number of benzene rings is 2. The molecule has 0 spiro atoms. The predicted octanol–water partition coefficient (Wildman–Crippen LogP) is -2.41. The van der Waals surface area contributed by atoms with Gasteiger partial charge in [-0.05, 0) is 92.7 Å². The Labute approximate surface area is 603 Å². The number of guanidine groups is 3. The van der Waals surface area contributed by atoms with E-state index in [0.717, 1.165) is 0 Å². The number of carboxylic acid groups (broad SMARTS) is 4. The minimum atomic E-state index is -5.08. The number of carboxylic acids is 4. The molecular formula is C58H83F12N19O19. The number of urea groups is 1. The number of amides is 10. The first-order valence-electron chi connectivity index (χ1n) is 31.0. The van der Waals surface area contributed by atoms with Crippen molar-refractivity contribution in [3.63, 3.8) is 0 Å². The Morgan fingerprint density at radius 3 is 1.45 bits per heavy atom. The normalized spacial score (nSPS) is 17.3. The molecule has 50 heteroatoms. The van der Waals surface area contributed by atoms with E-state index in [-0.39, 0.29) is 139 Å². The Morgan fingerprint density at radius 1 is 0.574 bits per heavy atom. The lowest BCUT2D eigenvalue weighted by Crippen LogP contribution is -2.60. The number of aromatic hydroxyl groups is 2. The first kappa shape index (κ1) is 98.1. The maximum absolute atomic E-state index is 14.6. The molecule has 0 unspecified atom stereocenters. The fourth-order valence-corrected chi connectivity index (χ4v) is 7.90. The SMILES string of the molecule is CC(C)C[C@H](NC(=O)[C@@H]1CCCN=C(N)NC(=O)NCCNC(=O)CC[C@H](N)C(=O)N[C@@H](CCCN=C(N)N)C(=O)N[C@@H](Cc2ccc(O)cc2)C(=O)N1)C(=O)N[C@@H](CCCN=C(N)N)C(=O)N[C@@H](Cc1ccc(O)cc1)C(N)=O.O=C(O)C(F)(F)F.O=C(O)C(F)(F)F.O=C(O)C(F)(F)F.O=C(O)C(F)(F)F. The van der Waals surface area contributed by atoms with Crippen molar-refractivity contribution in [2.45, 2.75) is 151 Å². The third kappa shape index (κ3) is 46.0. The van der Waals surface area contributed by atoms with Crippen LogP contribution in [0, 0.1) is 5.92 Å². The standard InChI is InChI=1S/C50H79N19O11.4C2HF3O2/c1-27(2)24-37(45(78)64-34(7-4-20-60-48(55)56)42(75)66-36(40(52)73)25-28-9-13-30(70)14-10-28)67-44(77)35-8-5-21-61-49(57)69-50(80)62-23-22-58-39(72)18-17-32(51)41(74)63-33(6-3-19-59-47(53)54)43(76)68-38(46(79)65-35)26-29-11-15-31(71)16-12-29;4*3-2(4,5)1(6)7/h9-16,27,32-38,70-71H,3-8,17-26,51H2,1-2H3,(H2,52,73)(H,58,72)(H,63,74)(H,64,78)(H,65,79)(H,66,75)(H,67,77)(H,68,76)(H4,53,54,59)(H4,55,56,60)(H4,57,61,62,69,80);4*(H,6,7)/t32-,33-,34-,35-,36-,37-,38-;;;;/m0..../s1. The number of alkyl halides is 12. The van der Waals surface area contributed by atoms with Crippen molar-refractivity contribution in [2.75, 3.05) is 32.7 Å². The highest BCUT2D eigenvalue weighted by Crippen LogP contribution is 2.18. The van der Waals surface area contributed by atoms with Gasteiger partial charge < -0.3 is 113 Å². The van der Waals surface area contributed by atoms with Crippen molar-refractivity contribution in [3.8, 4) is 11.5 Å². The van der Waals surface area contributed by atoms with Crippen LogP contribution in [0.2, 0.25) is 0 Å². The minimum Gasteiger partial charge on any atom is -0.508 e. The van der Waals surface area contributed by atoms with E-state index < -0.39 is 144 Å². The number of phenolic OH excluding ortho intramolecular Hbond substituents is 2. The topological polar surface area (TPSA) is 671 Å². The Kier molecular flexibility index (Phi) is 43.8. The first-order valence-corrected chi connectivity index (χ1v) is 31.0. The Hall–Kier alpha value is -11.9. The van der Waals surface area contributed by atoms with Crippen LogP contribution in [0.25, 0.3) is 0 Å². The highest BCUT2D eigenvalue weighted by Gasteiger charge is 2.41. The Balaban J connectivity index is 0. The van der Waals surface area contributed by atoms with Crippen LogP contribution in [-0.4, -0.2) is 225 Å². The minimum absolute atomic E-state index is 0.0000476. The maximum atomic E-state index is 14.6. The average Bonchev–Trinajstić information content (AvgIpc) is 0.853. The molecule has 10 amide bonds. The van der Waals surface area contributed by atoms with E-state index in [1.165, 1.54) is 48.5 Å². The summed E-state index contributed by atoms with van der Waals surface area (Å²) in [5, 5.41) is 71.7. The lowest BCUT2D eigenvalue weighted by atomic mass is 10.00. The number of halogens is 12. The number of nitrogens with zero attached hydrogens (tertiary/aromatic N) is 3. The molecule has 108 heavy (non-hydrogen) atoms. The molecule has 1 aliphatic rings.